The number of hydrogen-bond acceptors (Lipinski definition) is 6. The standard InChI is InChI=1S/C15H22N6/c1-10(2)13-14(20-16)17-9-18-15(13)21(4)8-12-7-5-6-11(3)19-12/h5-7,9-10H,8,16H2,1-4H3,(H,17,18,20). The Kier molecular flexibility index (Phi) is 4.70. The summed E-state index contributed by atoms with van der Waals surface area (Å²) in [6, 6.07) is 6.02. The van der Waals surface area contributed by atoms with Crippen molar-refractivity contribution in [1.29, 1.82) is 0 Å². The maximum Gasteiger partial charge on any atom is 0.148 e. The molecule has 6 nitrogen and oxygen atoms in total. The van der Waals surface area contributed by atoms with E-state index in [0.29, 0.717) is 12.4 Å². The topological polar surface area (TPSA) is 80.0 Å². The van der Waals surface area contributed by atoms with E-state index >= 15 is 0 Å². The Hall–Kier alpha value is -2.21. The van der Waals surface area contributed by atoms with E-state index in [0.717, 1.165) is 22.8 Å². The zero-order valence-corrected chi connectivity index (χ0v) is 13.0. The summed E-state index contributed by atoms with van der Waals surface area (Å²) in [5, 5.41) is 0. The van der Waals surface area contributed by atoms with Crippen molar-refractivity contribution in [2.24, 2.45) is 5.84 Å². The number of nitrogens with zero attached hydrogens (tertiary/aromatic N) is 4. The van der Waals surface area contributed by atoms with E-state index < -0.39 is 0 Å². The van der Waals surface area contributed by atoms with Crippen molar-refractivity contribution in [2.45, 2.75) is 33.2 Å². The second-order valence-electron chi connectivity index (χ2n) is 5.38. The lowest BCUT2D eigenvalue weighted by atomic mass is 10.0. The Bertz CT molecular complexity index is 611. The Morgan fingerprint density at radius 2 is 2.05 bits per heavy atom. The maximum absolute atomic E-state index is 5.56. The monoisotopic (exact) mass is 286 g/mol. The van der Waals surface area contributed by atoms with Gasteiger partial charge in [-0.15, -0.1) is 0 Å². The fraction of sp³-hybridized carbons (Fsp3) is 0.400. The van der Waals surface area contributed by atoms with Gasteiger partial charge in [0, 0.05) is 18.3 Å². The molecule has 0 spiro atoms. The number of pyridine rings is 1. The van der Waals surface area contributed by atoms with Crippen molar-refractivity contribution in [1.82, 2.24) is 15.0 Å². The Labute approximate surface area is 125 Å². The van der Waals surface area contributed by atoms with Crippen LogP contribution >= 0.6 is 0 Å². The lowest BCUT2D eigenvalue weighted by molar-refractivity contribution is 0.798. The summed E-state index contributed by atoms with van der Waals surface area (Å²) in [5.41, 5.74) is 5.68. The maximum atomic E-state index is 5.56. The molecule has 2 heterocycles. The first kappa shape index (κ1) is 15.2. The second-order valence-corrected chi connectivity index (χ2v) is 5.38. The molecule has 0 unspecified atom stereocenters. The van der Waals surface area contributed by atoms with Gasteiger partial charge in [0.2, 0.25) is 0 Å². The molecular formula is C15H22N6. The second kappa shape index (κ2) is 6.49. The number of aromatic nitrogens is 3. The predicted molar refractivity (Wildman–Crippen MR) is 85.0 cm³/mol. The van der Waals surface area contributed by atoms with Gasteiger partial charge >= 0.3 is 0 Å². The molecule has 2 aromatic rings. The van der Waals surface area contributed by atoms with Crippen LogP contribution in [0.3, 0.4) is 0 Å². The van der Waals surface area contributed by atoms with Crippen molar-refractivity contribution in [2.75, 3.05) is 17.4 Å². The van der Waals surface area contributed by atoms with Gasteiger partial charge in [-0.2, -0.15) is 0 Å². The van der Waals surface area contributed by atoms with Crippen molar-refractivity contribution >= 4 is 11.6 Å². The van der Waals surface area contributed by atoms with Gasteiger partial charge in [0.1, 0.15) is 18.0 Å². The minimum atomic E-state index is 0.264. The summed E-state index contributed by atoms with van der Waals surface area (Å²) in [6.45, 7) is 6.87. The van der Waals surface area contributed by atoms with Crippen LogP contribution in [0, 0.1) is 6.92 Å². The van der Waals surface area contributed by atoms with Gasteiger partial charge in [0.05, 0.1) is 12.2 Å². The van der Waals surface area contributed by atoms with Crippen LogP contribution in [-0.4, -0.2) is 22.0 Å². The van der Waals surface area contributed by atoms with Crippen LogP contribution in [0.25, 0.3) is 0 Å². The normalized spacial score (nSPS) is 10.8. The third kappa shape index (κ3) is 3.46. The summed E-state index contributed by atoms with van der Waals surface area (Å²) < 4.78 is 0. The molecule has 0 saturated heterocycles. The molecule has 0 aliphatic rings. The molecule has 0 saturated carbocycles. The molecule has 0 radical (unpaired) electrons. The average Bonchev–Trinajstić information content (AvgIpc) is 2.46. The SMILES string of the molecule is Cc1cccc(CN(C)c2ncnc(NN)c2C(C)C)n1. The number of aryl methyl sites for hydroxylation is 1. The highest BCUT2D eigenvalue weighted by Gasteiger charge is 2.17. The van der Waals surface area contributed by atoms with Crippen LogP contribution in [0.2, 0.25) is 0 Å². The molecule has 2 aromatic heterocycles. The van der Waals surface area contributed by atoms with Crippen LogP contribution in [0.4, 0.5) is 11.6 Å². The Balaban J connectivity index is 2.32. The average molecular weight is 286 g/mol. The fourth-order valence-electron chi connectivity index (χ4n) is 2.34. The highest BCUT2D eigenvalue weighted by molar-refractivity contribution is 5.59. The minimum Gasteiger partial charge on any atom is -0.353 e. The minimum absolute atomic E-state index is 0.264. The summed E-state index contributed by atoms with van der Waals surface area (Å²) in [6.07, 6.45) is 1.52. The van der Waals surface area contributed by atoms with Crippen LogP contribution in [0.5, 0.6) is 0 Å². The van der Waals surface area contributed by atoms with Crippen molar-refractivity contribution in [3.05, 3.63) is 41.5 Å². The highest BCUT2D eigenvalue weighted by Crippen LogP contribution is 2.30. The number of rotatable bonds is 5. The summed E-state index contributed by atoms with van der Waals surface area (Å²) in [4.78, 5) is 15.2. The molecule has 0 atom stereocenters. The smallest absolute Gasteiger partial charge is 0.148 e. The number of anilines is 2. The van der Waals surface area contributed by atoms with Crippen LogP contribution < -0.4 is 16.2 Å². The van der Waals surface area contributed by atoms with Crippen LogP contribution in [-0.2, 0) is 6.54 Å². The number of hydrogen-bond donors (Lipinski definition) is 2. The molecule has 0 amide bonds. The van der Waals surface area contributed by atoms with Gasteiger partial charge in [0.15, 0.2) is 0 Å². The van der Waals surface area contributed by atoms with Gasteiger partial charge in [-0.05, 0) is 25.0 Å². The molecule has 0 fully saturated rings. The third-order valence-electron chi connectivity index (χ3n) is 3.28. The fourth-order valence-corrected chi connectivity index (χ4v) is 2.34. The van der Waals surface area contributed by atoms with Gasteiger partial charge < -0.3 is 10.3 Å². The van der Waals surface area contributed by atoms with E-state index in [1.54, 1.807) is 0 Å². The quantitative estimate of drug-likeness (QED) is 0.648. The lowest BCUT2D eigenvalue weighted by Crippen LogP contribution is -2.22. The Morgan fingerprint density at radius 3 is 2.67 bits per heavy atom. The summed E-state index contributed by atoms with van der Waals surface area (Å²) >= 11 is 0. The molecule has 2 rings (SSSR count). The zero-order chi connectivity index (χ0) is 15.4. The van der Waals surface area contributed by atoms with Gasteiger partial charge in [-0.1, -0.05) is 19.9 Å². The van der Waals surface area contributed by atoms with Gasteiger partial charge in [-0.3, -0.25) is 4.98 Å². The molecule has 6 heteroatoms. The first-order valence-electron chi connectivity index (χ1n) is 6.98. The predicted octanol–water partition coefficient (Wildman–Crippen LogP) is 2.23. The summed E-state index contributed by atoms with van der Waals surface area (Å²) in [5.74, 6) is 7.36. The molecule has 0 aromatic carbocycles. The molecule has 0 aliphatic heterocycles. The van der Waals surface area contributed by atoms with Gasteiger partial charge in [-0.25, -0.2) is 15.8 Å². The number of nitrogen functional groups attached to an aromatic ring is 1. The van der Waals surface area contributed by atoms with E-state index in [1.807, 2.05) is 32.2 Å². The number of nitrogens with one attached hydrogen (secondary N) is 1. The van der Waals surface area contributed by atoms with Gasteiger partial charge in [0.25, 0.3) is 0 Å². The van der Waals surface area contributed by atoms with Crippen molar-refractivity contribution in [3.63, 3.8) is 0 Å². The molecule has 0 bridgehead atoms. The van der Waals surface area contributed by atoms with E-state index in [4.69, 9.17) is 5.84 Å². The van der Waals surface area contributed by atoms with Crippen molar-refractivity contribution in [3.8, 4) is 0 Å². The lowest BCUT2D eigenvalue weighted by Gasteiger charge is -2.23. The molecule has 0 aliphatic carbocycles. The van der Waals surface area contributed by atoms with E-state index in [1.165, 1.54) is 6.33 Å². The van der Waals surface area contributed by atoms with Crippen LogP contribution in [0.1, 0.15) is 36.7 Å². The molecule has 21 heavy (non-hydrogen) atoms. The largest absolute Gasteiger partial charge is 0.353 e. The third-order valence-corrected chi connectivity index (χ3v) is 3.28. The number of nitrogens with two attached hydrogens (primary N) is 1. The van der Waals surface area contributed by atoms with E-state index in [9.17, 15) is 0 Å². The first-order chi connectivity index (χ1) is 10.0. The molecule has 3 N–H and O–H groups in total. The van der Waals surface area contributed by atoms with E-state index in [-0.39, 0.29) is 5.92 Å². The summed E-state index contributed by atoms with van der Waals surface area (Å²) in [7, 11) is 2.00. The van der Waals surface area contributed by atoms with Crippen molar-refractivity contribution < 1.29 is 0 Å². The highest BCUT2D eigenvalue weighted by atomic mass is 15.3. The number of hydrazine groups is 1. The van der Waals surface area contributed by atoms with E-state index in [2.05, 4.69) is 39.1 Å². The zero-order valence-electron chi connectivity index (χ0n) is 13.0. The molecular weight excluding hydrogens is 264 g/mol. The molecule has 112 valence electrons. The van der Waals surface area contributed by atoms with Crippen LogP contribution in [0.15, 0.2) is 24.5 Å². The first-order valence-corrected chi connectivity index (χ1v) is 6.98. The Morgan fingerprint density at radius 1 is 1.29 bits per heavy atom.